The summed E-state index contributed by atoms with van der Waals surface area (Å²) < 4.78 is 1.47. The van der Waals surface area contributed by atoms with Crippen LogP contribution in [0.15, 0.2) is 47.4 Å². The van der Waals surface area contributed by atoms with Gasteiger partial charge in [-0.05, 0) is 18.9 Å². The summed E-state index contributed by atoms with van der Waals surface area (Å²) in [6, 6.07) is 10.6. The lowest BCUT2D eigenvalue weighted by Gasteiger charge is -2.55. The lowest BCUT2D eigenvalue weighted by Crippen LogP contribution is -2.70. The normalized spacial score (nSPS) is 25.1. The first kappa shape index (κ1) is 16.4. The van der Waals surface area contributed by atoms with Gasteiger partial charge in [0, 0.05) is 25.7 Å². The van der Waals surface area contributed by atoms with Crippen LogP contribution in [-0.4, -0.2) is 39.6 Å². The van der Waals surface area contributed by atoms with E-state index in [0.717, 1.165) is 5.56 Å². The van der Waals surface area contributed by atoms with E-state index in [1.807, 2.05) is 37.3 Å². The lowest BCUT2D eigenvalue weighted by molar-refractivity contribution is -0.128. The summed E-state index contributed by atoms with van der Waals surface area (Å²) in [5, 5.41) is 12.0. The molecule has 1 amide bonds. The van der Waals surface area contributed by atoms with Crippen molar-refractivity contribution < 1.29 is 14.7 Å². The molecule has 0 saturated carbocycles. The van der Waals surface area contributed by atoms with E-state index in [1.165, 1.54) is 21.8 Å². The smallest absolute Gasteiger partial charge is 0.277 e. The molecule has 7 nitrogen and oxygen atoms in total. The Morgan fingerprint density at radius 3 is 2.50 bits per heavy atom. The Morgan fingerprint density at radius 2 is 1.81 bits per heavy atom. The van der Waals surface area contributed by atoms with E-state index in [4.69, 9.17) is 0 Å². The first-order valence-electron chi connectivity index (χ1n) is 8.47. The molecule has 1 saturated heterocycles. The van der Waals surface area contributed by atoms with Gasteiger partial charge in [0.2, 0.25) is 5.43 Å². The molecular formula is C19H19N3O4. The van der Waals surface area contributed by atoms with Gasteiger partial charge < -0.3 is 10.0 Å². The van der Waals surface area contributed by atoms with Crippen LogP contribution < -0.4 is 10.4 Å². The third kappa shape index (κ3) is 1.97. The standard InChI is InChI=1S/C19H19N3O4/c1-19(12-6-4-3-5-7-12)14(24)8-9-15-20(2)18(26)16-17(25)13(23)10-11-21(16)22(15)19/h3-7,10-11,15,25H,8-9H2,1-2H3. The van der Waals surface area contributed by atoms with Crippen LogP contribution in [0.1, 0.15) is 35.8 Å². The Balaban J connectivity index is 2.02. The quantitative estimate of drug-likeness (QED) is 0.832. The molecule has 3 heterocycles. The maximum atomic E-state index is 13.0. The Labute approximate surface area is 150 Å². The highest BCUT2D eigenvalue weighted by atomic mass is 16.3. The topological polar surface area (TPSA) is 82.8 Å². The van der Waals surface area contributed by atoms with Gasteiger partial charge in [-0.1, -0.05) is 30.3 Å². The van der Waals surface area contributed by atoms with E-state index in [2.05, 4.69) is 0 Å². The molecule has 1 N–H and O–H groups in total. The van der Waals surface area contributed by atoms with Gasteiger partial charge in [-0.2, -0.15) is 0 Å². The summed E-state index contributed by atoms with van der Waals surface area (Å²) in [6.07, 6.45) is 1.91. The number of amides is 1. The summed E-state index contributed by atoms with van der Waals surface area (Å²) in [7, 11) is 1.63. The number of carbonyl (C=O) groups is 2. The second-order valence-electron chi connectivity index (χ2n) is 6.86. The monoisotopic (exact) mass is 353 g/mol. The second-order valence-corrected chi connectivity index (χ2v) is 6.86. The van der Waals surface area contributed by atoms with E-state index in [-0.39, 0.29) is 17.6 Å². The third-order valence-electron chi connectivity index (χ3n) is 5.51. The van der Waals surface area contributed by atoms with Gasteiger partial charge >= 0.3 is 0 Å². The van der Waals surface area contributed by atoms with Gasteiger partial charge in [0.1, 0.15) is 11.7 Å². The number of piperidine rings is 1. The number of aromatic nitrogens is 1. The van der Waals surface area contributed by atoms with Gasteiger partial charge in [0.15, 0.2) is 17.2 Å². The first-order valence-corrected chi connectivity index (χ1v) is 8.47. The van der Waals surface area contributed by atoms with Crippen molar-refractivity contribution in [2.24, 2.45) is 0 Å². The molecule has 1 aromatic heterocycles. The molecule has 2 atom stereocenters. The molecule has 2 aliphatic heterocycles. The maximum Gasteiger partial charge on any atom is 0.277 e. The summed E-state index contributed by atoms with van der Waals surface area (Å²) in [4.78, 5) is 39.2. The molecule has 1 fully saturated rings. The van der Waals surface area contributed by atoms with E-state index >= 15 is 0 Å². The molecule has 0 radical (unpaired) electrons. The van der Waals surface area contributed by atoms with Gasteiger partial charge in [-0.3, -0.25) is 24.1 Å². The van der Waals surface area contributed by atoms with Crippen LogP contribution >= 0.6 is 0 Å². The summed E-state index contributed by atoms with van der Waals surface area (Å²) in [6.45, 7) is 1.82. The number of Topliss-reactive ketones (excluding diaryl/α,β-unsaturated/α-hetero) is 1. The Kier molecular flexibility index (Phi) is 3.44. The molecule has 2 aromatic rings. The number of aromatic hydroxyl groups is 1. The fourth-order valence-corrected chi connectivity index (χ4v) is 4.02. The van der Waals surface area contributed by atoms with E-state index in [1.54, 1.807) is 12.1 Å². The number of benzene rings is 1. The minimum atomic E-state index is -1.03. The third-order valence-corrected chi connectivity index (χ3v) is 5.51. The molecule has 0 spiro atoms. The summed E-state index contributed by atoms with van der Waals surface area (Å²) >= 11 is 0. The van der Waals surface area contributed by atoms with Crippen molar-refractivity contribution in [3.63, 3.8) is 0 Å². The maximum absolute atomic E-state index is 13.0. The zero-order valence-electron chi connectivity index (χ0n) is 14.5. The highest BCUT2D eigenvalue weighted by Gasteiger charge is 2.53. The minimum absolute atomic E-state index is 0.0202. The molecular weight excluding hydrogens is 334 g/mol. The number of pyridine rings is 1. The molecule has 2 unspecified atom stereocenters. The van der Waals surface area contributed by atoms with Crippen molar-refractivity contribution in [2.45, 2.75) is 31.5 Å². The van der Waals surface area contributed by atoms with Crippen molar-refractivity contribution in [1.82, 2.24) is 9.58 Å². The van der Waals surface area contributed by atoms with Crippen LogP contribution in [0.5, 0.6) is 5.75 Å². The van der Waals surface area contributed by atoms with E-state index < -0.39 is 22.6 Å². The number of hydrogen-bond donors (Lipinski definition) is 1. The van der Waals surface area contributed by atoms with Gasteiger partial charge in [0.05, 0.1) is 0 Å². The Hall–Kier alpha value is -3.09. The number of carbonyl (C=O) groups excluding carboxylic acids is 2. The SMILES string of the molecule is CN1C(=O)c2c(O)c(=O)ccn2N2C1CCC(=O)C2(C)c1ccccc1. The minimum Gasteiger partial charge on any atom is -0.502 e. The fraction of sp³-hybridized carbons (Fsp3) is 0.316. The predicted molar refractivity (Wildman–Crippen MR) is 94.5 cm³/mol. The first-order chi connectivity index (χ1) is 12.4. The molecule has 1 aromatic carbocycles. The number of hydrogen-bond acceptors (Lipinski definition) is 5. The molecule has 0 aliphatic carbocycles. The average Bonchev–Trinajstić information content (AvgIpc) is 2.65. The Morgan fingerprint density at radius 1 is 1.12 bits per heavy atom. The van der Waals surface area contributed by atoms with Crippen LogP contribution in [-0.2, 0) is 10.3 Å². The highest BCUT2D eigenvalue weighted by Crippen LogP contribution is 2.40. The van der Waals surface area contributed by atoms with Crippen LogP contribution in [0.2, 0.25) is 0 Å². The molecule has 0 bridgehead atoms. The molecule has 7 heteroatoms. The molecule has 134 valence electrons. The second kappa shape index (κ2) is 5.45. The van der Waals surface area contributed by atoms with Crippen LogP contribution in [0, 0.1) is 0 Å². The van der Waals surface area contributed by atoms with Gasteiger partial charge in [-0.15, -0.1) is 0 Å². The zero-order valence-corrected chi connectivity index (χ0v) is 14.5. The van der Waals surface area contributed by atoms with Crippen molar-refractivity contribution in [3.8, 4) is 5.75 Å². The number of fused-ring (bicyclic) bond motifs is 3. The average molecular weight is 353 g/mol. The predicted octanol–water partition coefficient (Wildman–Crippen LogP) is 1.18. The van der Waals surface area contributed by atoms with Crippen LogP contribution in [0.4, 0.5) is 0 Å². The number of rotatable bonds is 1. The Bertz CT molecular complexity index is 968. The van der Waals surface area contributed by atoms with Crippen molar-refractivity contribution in [3.05, 3.63) is 64.1 Å². The van der Waals surface area contributed by atoms with Gasteiger partial charge in [0.25, 0.3) is 5.91 Å². The fourth-order valence-electron chi connectivity index (χ4n) is 4.02. The van der Waals surface area contributed by atoms with Crippen molar-refractivity contribution in [1.29, 1.82) is 0 Å². The molecule has 26 heavy (non-hydrogen) atoms. The molecule has 2 aliphatic rings. The molecule has 4 rings (SSSR count). The largest absolute Gasteiger partial charge is 0.502 e. The lowest BCUT2D eigenvalue weighted by atomic mass is 9.80. The van der Waals surface area contributed by atoms with Crippen molar-refractivity contribution >= 4 is 11.7 Å². The summed E-state index contributed by atoms with van der Waals surface area (Å²) in [5.41, 5.74) is -0.981. The number of nitrogens with zero attached hydrogens (tertiary/aromatic N) is 3. The van der Waals surface area contributed by atoms with Gasteiger partial charge in [-0.25, -0.2) is 0 Å². The van der Waals surface area contributed by atoms with Crippen LogP contribution in [0.25, 0.3) is 0 Å². The van der Waals surface area contributed by atoms with Crippen LogP contribution in [0.3, 0.4) is 0 Å². The van der Waals surface area contributed by atoms with E-state index in [0.29, 0.717) is 12.8 Å². The van der Waals surface area contributed by atoms with Crippen molar-refractivity contribution in [2.75, 3.05) is 12.1 Å². The number of ketones is 1. The summed E-state index contributed by atoms with van der Waals surface area (Å²) in [5.74, 6) is -1.02. The van der Waals surface area contributed by atoms with E-state index in [9.17, 15) is 19.5 Å². The highest BCUT2D eigenvalue weighted by molar-refractivity contribution is 5.98. The zero-order chi connectivity index (χ0) is 18.6.